The summed E-state index contributed by atoms with van der Waals surface area (Å²) in [5.74, 6) is -0.805. The lowest BCUT2D eigenvalue weighted by atomic mass is 9.86. The second-order valence-electron chi connectivity index (χ2n) is 7.85. The summed E-state index contributed by atoms with van der Waals surface area (Å²) in [6, 6.07) is 15.0. The van der Waals surface area contributed by atoms with E-state index in [1.165, 1.54) is 11.6 Å². The van der Waals surface area contributed by atoms with Gasteiger partial charge >= 0.3 is 0 Å². The van der Waals surface area contributed by atoms with Crippen molar-refractivity contribution in [2.24, 2.45) is 0 Å². The molecule has 2 aromatic carbocycles. The Hall–Kier alpha value is -3.47. The number of carbonyl (C=O) groups is 1. The lowest BCUT2D eigenvalue weighted by Crippen LogP contribution is -2.25. The molecule has 4 aromatic rings. The fourth-order valence-corrected chi connectivity index (χ4v) is 4.10. The van der Waals surface area contributed by atoms with Crippen molar-refractivity contribution in [2.45, 2.75) is 39.2 Å². The maximum absolute atomic E-state index is 14.9. The Labute approximate surface area is 181 Å². The summed E-state index contributed by atoms with van der Waals surface area (Å²) >= 11 is 0. The van der Waals surface area contributed by atoms with Gasteiger partial charge < -0.3 is 10.3 Å². The minimum absolute atomic E-state index is 0.122. The number of fused-ring (bicyclic) bond motifs is 1. The van der Waals surface area contributed by atoms with Gasteiger partial charge in [0.05, 0.1) is 0 Å². The fraction of sp³-hybridized carbons (Fsp3) is 0.231. The van der Waals surface area contributed by atoms with E-state index in [1.54, 1.807) is 18.5 Å². The minimum Gasteiger partial charge on any atom is -0.361 e. The molecular formula is C26H26FN3O. The molecule has 0 radical (unpaired) electrons. The number of aryl methyl sites for hydroxylation is 2. The van der Waals surface area contributed by atoms with Crippen molar-refractivity contribution in [1.82, 2.24) is 15.3 Å². The number of rotatable bonds is 7. The van der Waals surface area contributed by atoms with E-state index >= 15 is 0 Å². The highest BCUT2D eigenvalue weighted by Gasteiger charge is 2.24. The van der Waals surface area contributed by atoms with E-state index in [0.29, 0.717) is 12.1 Å². The molecule has 0 fully saturated rings. The van der Waals surface area contributed by atoms with E-state index in [-0.39, 0.29) is 18.1 Å². The molecule has 0 aliphatic heterocycles. The zero-order chi connectivity index (χ0) is 21.8. The number of H-pyrrole nitrogens is 1. The van der Waals surface area contributed by atoms with E-state index in [4.69, 9.17) is 0 Å². The summed E-state index contributed by atoms with van der Waals surface area (Å²) < 4.78 is 14.9. The van der Waals surface area contributed by atoms with Crippen LogP contribution in [-0.4, -0.2) is 15.9 Å². The van der Waals surface area contributed by atoms with Gasteiger partial charge in [-0.1, -0.05) is 42.8 Å². The monoisotopic (exact) mass is 415 g/mol. The third-order valence-electron chi connectivity index (χ3n) is 5.75. The van der Waals surface area contributed by atoms with Crippen molar-refractivity contribution < 1.29 is 9.18 Å². The average Bonchev–Trinajstić information content (AvgIpc) is 3.22. The van der Waals surface area contributed by atoms with Gasteiger partial charge in [0.25, 0.3) is 0 Å². The number of carbonyl (C=O) groups excluding carboxylic acids is 1. The Kier molecular flexibility index (Phi) is 6.12. The molecule has 1 atom stereocenters. The number of nitrogens with zero attached hydrogens (tertiary/aromatic N) is 1. The first kappa shape index (κ1) is 20.8. The first-order valence-corrected chi connectivity index (χ1v) is 10.6. The summed E-state index contributed by atoms with van der Waals surface area (Å²) in [5.41, 5.74) is 5.68. The first-order chi connectivity index (χ1) is 15.1. The summed E-state index contributed by atoms with van der Waals surface area (Å²) in [6.07, 6.45) is 6.38. The molecule has 4 rings (SSSR count). The van der Waals surface area contributed by atoms with Crippen molar-refractivity contribution in [1.29, 1.82) is 0 Å². The average molecular weight is 416 g/mol. The number of pyridine rings is 1. The number of halogens is 1. The molecule has 0 spiro atoms. The van der Waals surface area contributed by atoms with E-state index in [9.17, 15) is 9.18 Å². The molecule has 1 unspecified atom stereocenters. The number of aromatic nitrogens is 2. The van der Waals surface area contributed by atoms with E-state index < -0.39 is 5.92 Å². The Morgan fingerprint density at radius 3 is 2.71 bits per heavy atom. The van der Waals surface area contributed by atoms with Gasteiger partial charge in [-0.05, 0) is 53.8 Å². The summed E-state index contributed by atoms with van der Waals surface area (Å²) in [6.45, 7) is 4.46. The van der Waals surface area contributed by atoms with Crippen LogP contribution in [-0.2, 0) is 17.8 Å². The molecule has 2 heterocycles. The summed E-state index contributed by atoms with van der Waals surface area (Å²) in [4.78, 5) is 20.3. The smallest absolute Gasteiger partial charge is 0.221 e. The van der Waals surface area contributed by atoms with Gasteiger partial charge in [-0.15, -0.1) is 0 Å². The Morgan fingerprint density at radius 1 is 1.13 bits per heavy atom. The number of hydrogen-bond acceptors (Lipinski definition) is 2. The molecule has 2 N–H and O–H groups in total. The molecule has 0 bridgehead atoms. The lowest BCUT2D eigenvalue weighted by Gasteiger charge is -2.19. The molecule has 0 aliphatic rings. The van der Waals surface area contributed by atoms with Gasteiger partial charge in [0.1, 0.15) is 5.82 Å². The van der Waals surface area contributed by atoms with E-state index in [0.717, 1.165) is 34.0 Å². The highest BCUT2D eigenvalue weighted by atomic mass is 19.1. The maximum atomic E-state index is 14.9. The Bertz CT molecular complexity index is 1200. The normalized spacial score (nSPS) is 12.1. The zero-order valence-electron chi connectivity index (χ0n) is 17.8. The quantitative estimate of drug-likeness (QED) is 0.424. The van der Waals surface area contributed by atoms with Crippen molar-refractivity contribution in [3.05, 3.63) is 101 Å². The Morgan fingerprint density at radius 2 is 1.94 bits per heavy atom. The zero-order valence-corrected chi connectivity index (χ0v) is 17.8. The second-order valence-corrected chi connectivity index (χ2v) is 7.85. The molecule has 0 aliphatic carbocycles. The van der Waals surface area contributed by atoms with Crippen LogP contribution in [0.15, 0.2) is 67.1 Å². The highest BCUT2D eigenvalue weighted by molar-refractivity contribution is 5.88. The molecule has 4 nitrogen and oxygen atoms in total. The van der Waals surface area contributed by atoms with Crippen molar-refractivity contribution in [2.75, 3.05) is 0 Å². The van der Waals surface area contributed by atoms with Gasteiger partial charge in [0.15, 0.2) is 0 Å². The highest BCUT2D eigenvalue weighted by Crippen LogP contribution is 2.36. The Balaban J connectivity index is 1.69. The van der Waals surface area contributed by atoms with Crippen molar-refractivity contribution in [3.63, 3.8) is 0 Å². The molecule has 31 heavy (non-hydrogen) atoms. The third-order valence-corrected chi connectivity index (χ3v) is 5.75. The van der Waals surface area contributed by atoms with Crippen LogP contribution in [0, 0.1) is 12.7 Å². The predicted octanol–water partition coefficient (Wildman–Crippen LogP) is 5.41. The van der Waals surface area contributed by atoms with Gasteiger partial charge in [-0.3, -0.25) is 9.78 Å². The molecule has 0 saturated carbocycles. The fourth-order valence-electron chi connectivity index (χ4n) is 4.10. The minimum atomic E-state index is -0.391. The van der Waals surface area contributed by atoms with Gasteiger partial charge in [-0.2, -0.15) is 0 Å². The standard InChI is InChI=1S/C26H26FN3O/c1-3-19-5-4-6-20-23(16-30-26(19)20)21(22-13-17(2)7-8-24(22)27)14-25(31)29-15-18-9-11-28-12-10-18/h4-13,16,21,30H,3,14-15H2,1-2H3,(H,29,31). The number of para-hydroxylation sites is 1. The van der Waals surface area contributed by atoms with Crippen molar-refractivity contribution >= 4 is 16.8 Å². The number of benzene rings is 2. The van der Waals surface area contributed by atoms with Crippen LogP contribution in [0.1, 0.15) is 47.1 Å². The molecule has 5 heteroatoms. The topological polar surface area (TPSA) is 57.8 Å². The molecule has 158 valence electrons. The number of nitrogens with one attached hydrogen (secondary N) is 2. The molecule has 0 saturated heterocycles. The van der Waals surface area contributed by atoms with Crippen LogP contribution in [0.3, 0.4) is 0 Å². The number of hydrogen-bond donors (Lipinski definition) is 2. The number of aromatic amines is 1. The van der Waals surface area contributed by atoms with Crippen LogP contribution >= 0.6 is 0 Å². The van der Waals surface area contributed by atoms with Crippen LogP contribution in [0.5, 0.6) is 0 Å². The SMILES string of the molecule is CCc1cccc2c(C(CC(=O)NCc3ccncc3)c3cc(C)ccc3F)c[nH]c12. The van der Waals surface area contributed by atoms with Gasteiger partial charge in [0, 0.05) is 48.4 Å². The van der Waals surface area contributed by atoms with E-state index in [2.05, 4.69) is 28.3 Å². The van der Waals surface area contributed by atoms with Gasteiger partial charge in [-0.25, -0.2) is 4.39 Å². The second kappa shape index (κ2) is 9.13. The van der Waals surface area contributed by atoms with Crippen LogP contribution in [0.2, 0.25) is 0 Å². The van der Waals surface area contributed by atoms with Crippen molar-refractivity contribution in [3.8, 4) is 0 Å². The summed E-state index contributed by atoms with van der Waals surface area (Å²) in [7, 11) is 0. The molecule has 2 aromatic heterocycles. The maximum Gasteiger partial charge on any atom is 0.221 e. The van der Waals surface area contributed by atoms with Crippen LogP contribution in [0.4, 0.5) is 4.39 Å². The molecule has 1 amide bonds. The largest absolute Gasteiger partial charge is 0.361 e. The molecular weight excluding hydrogens is 389 g/mol. The lowest BCUT2D eigenvalue weighted by molar-refractivity contribution is -0.121. The van der Waals surface area contributed by atoms with Gasteiger partial charge in [0.2, 0.25) is 5.91 Å². The number of amides is 1. The predicted molar refractivity (Wildman–Crippen MR) is 121 cm³/mol. The van der Waals surface area contributed by atoms with Crippen LogP contribution in [0.25, 0.3) is 10.9 Å². The van der Waals surface area contributed by atoms with E-state index in [1.807, 2.05) is 43.5 Å². The first-order valence-electron chi connectivity index (χ1n) is 10.6. The van der Waals surface area contributed by atoms with Crippen LogP contribution < -0.4 is 5.32 Å². The summed E-state index contributed by atoms with van der Waals surface area (Å²) in [5, 5.41) is 4.00. The third kappa shape index (κ3) is 4.50.